The Bertz CT molecular complexity index is 855. The molecule has 0 bridgehead atoms. The smallest absolute Gasteiger partial charge is 0.253 e. The molecule has 0 aromatic heterocycles. The van der Waals surface area contributed by atoms with Gasteiger partial charge in [-0.3, -0.25) is 4.79 Å². The zero-order chi connectivity index (χ0) is 17.6. The Morgan fingerprint density at radius 1 is 0.962 bits per heavy atom. The summed E-state index contributed by atoms with van der Waals surface area (Å²) in [7, 11) is 0. The van der Waals surface area contributed by atoms with E-state index in [2.05, 4.69) is 24.3 Å². The highest BCUT2D eigenvalue weighted by Crippen LogP contribution is 2.44. The van der Waals surface area contributed by atoms with Gasteiger partial charge >= 0.3 is 0 Å². The number of carbonyl (C=O) groups excluding carboxylic acids is 1. The minimum atomic E-state index is -0.222. The molecule has 3 aliphatic rings. The average Bonchev–Trinajstić information content (AvgIpc) is 3.06. The van der Waals surface area contributed by atoms with E-state index in [1.807, 2.05) is 17.0 Å². The first-order valence-corrected chi connectivity index (χ1v) is 9.16. The summed E-state index contributed by atoms with van der Waals surface area (Å²) in [6.45, 7) is 3.14. The van der Waals surface area contributed by atoms with E-state index < -0.39 is 0 Å². The third-order valence-corrected chi connectivity index (χ3v) is 5.66. The van der Waals surface area contributed by atoms with E-state index in [0.717, 1.165) is 12.8 Å². The van der Waals surface area contributed by atoms with E-state index in [1.54, 1.807) is 6.07 Å². The van der Waals surface area contributed by atoms with Crippen LogP contribution in [0.4, 0.5) is 0 Å². The van der Waals surface area contributed by atoms with E-state index in [4.69, 9.17) is 14.2 Å². The van der Waals surface area contributed by atoms with Crippen LogP contribution in [0.5, 0.6) is 11.5 Å². The maximum atomic E-state index is 12.9. The van der Waals surface area contributed by atoms with Gasteiger partial charge in [0.1, 0.15) is 13.2 Å². The fourth-order valence-electron chi connectivity index (χ4n) is 4.23. The molecule has 3 aliphatic heterocycles. The van der Waals surface area contributed by atoms with Crippen molar-refractivity contribution in [2.75, 3.05) is 26.3 Å². The molecule has 2 aromatic carbocycles. The van der Waals surface area contributed by atoms with Crippen LogP contribution < -0.4 is 9.47 Å². The number of hydrogen-bond acceptors (Lipinski definition) is 4. The van der Waals surface area contributed by atoms with Crippen LogP contribution >= 0.6 is 0 Å². The van der Waals surface area contributed by atoms with Crippen molar-refractivity contribution in [2.45, 2.75) is 25.0 Å². The van der Waals surface area contributed by atoms with Crippen LogP contribution in [0, 0.1) is 0 Å². The summed E-state index contributed by atoms with van der Waals surface area (Å²) in [5.41, 5.74) is 3.00. The highest BCUT2D eigenvalue weighted by atomic mass is 16.6. The van der Waals surface area contributed by atoms with Gasteiger partial charge in [0.2, 0.25) is 0 Å². The van der Waals surface area contributed by atoms with E-state index in [-0.39, 0.29) is 11.5 Å². The number of likely N-dealkylation sites (tertiary alicyclic amines) is 1. The van der Waals surface area contributed by atoms with E-state index >= 15 is 0 Å². The molecule has 0 N–H and O–H groups in total. The molecule has 0 saturated carbocycles. The fraction of sp³-hybridized carbons (Fsp3) is 0.381. The SMILES string of the molecule is O=C(c1ccc2c(c1)OCCO2)N1CCC2(CC1)OCc1ccccc12. The lowest BCUT2D eigenvalue weighted by Gasteiger charge is -2.39. The maximum absolute atomic E-state index is 12.9. The number of amides is 1. The van der Waals surface area contributed by atoms with E-state index in [0.29, 0.717) is 50.0 Å². The molecular formula is C21H21NO4. The second-order valence-corrected chi connectivity index (χ2v) is 7.09. The maximum Gasteiger partial charge on any atom is 0.253 e. The summed E-state index contributed by atoms with van der Waals surface area (Å²) < 4.78 is 17.3. The van der Waals surface area contributed by atoms with Crippen molar-refractivity contribution in [3.8, 4) is 11.5 Å². The molecule has 2 aromatic rings. The molecule has 1 spiro atoms. The second-order valence-electron chi connectivity index (χ2n) is 7.09. The highest BCUT2D eigenvalue weighted by molar-refractivity contribution is 5.95. The van der Waals surface area contributed by atoms with Gasteiger partial charge < -0.3 is 19.1 Å². The summed E-state index contributed by atoms with van der Waals surface area (Å²) >= 11 is 0. The number of benzene rings is 2. The number of carbonyl (C=O) groups is 1. The van der Waals surface area contributed by atoms with Gasteiger partial charge in [-0.1, -0.05) is 24.3 Å². The number of fused-ring (bicyclic) bond motifs is 3. The molecule has 5 heteroatoms. The summed E-state index contributed by atoms with van der Waals surface area (Å²) in [6.07, 6.45) is 1.67. The number of nitrogens with zero attached hydrogens (tertiary/aromatic N) is 1. The summed E-state index contributed by atoms with van der Waals surface area (Å²) in [5, 5.41) is 0. The highest BCUT2D eigenvalue weighted by Gasteiger charge is 2.43. The fourth-order valence-corrected chi connectivity index (χ4v) is 4.23. The molecule has 5 rings (SSSR count). The minimum Gasteiger partial charge on any atom is -0.486 e. The molecule has 0 atom stereocenters. The van der Waals surface area contributed by atoms with Crippen LogP contribution in [0.15, 0.2) is 42.5 Å². The topological polar surface area (TPSA) is 48.0 Å². The monoisotopic (exact) mass is 351 g/mol. The van der Waals surface area contributed by atoms with Crippen LogP contribution in [0.25, 0.3) is 0 Å². The zero-order valence-electron chi connectivity index (χ0n) is 14.6. The van der Waals surface area contributed by atoms with Crippen molar-refractivity contribution in [1.82, 2.24) is 4.90 Å². The van der Waals surface area contributed by atoms with Crippen LogP contribution in [0.1, 0.15) is 34.3 Å². The van der Waals surface area contributed by atoms with Crippen LogP contribution in [-0.4, -0.2) is 37.1 Å². The second kappa shape index (κ2) is 6.02. The number of rotatable bonds is 1. The predicted octanol–water partition coefficient (Wildman–Crippen LogP) is 3.12. The normalized spacial score (nSPS) is 20.1. The lowest BCUT2D eigenvalue weighted by Crippen LogP contribution is -2.45. The van der Waals surface area contributed by atoms with Crippen molar-refractivity contribution in [3.05, 3.63) is 59.2 Å². The van der Waals surface area contributed by atoms with E-state index in [1.165, 1.54) is 11.1 Å². The molecule has 1 saturated heterocycles. The molecular weight excluding hydrogens is 330 g/mol. The molecule has 1 amide bonds. The standard InChI is InChI=1S/C21H21NO4/c23-20(15-5-6-18-19(13-15)25-12-11-24-18)22-9-7-21(8-10-22)17-4-2-1-3-16(17)14-26-21/h1-6,13H,7-12,14H2. The lowest BCUT2D eigenvalue weighted by molar-refractivity contribution is -0.0741. The Balaban J connectivity index is 1.32. The first-order valence-electron chi connectivity index (χ1n) is 9.16. The predicted molar refractivity (Wildman–Crippen MR) is 95.5 cm³/mol. The van der Waals surface area contributed by atoms with Crippen LogP contribution in [0.2, 0.25) is 0 Å². The Morgan fingerprint density at radius 3 is 2.58 bits per heavy atom. The summed E-state index contributed by atoms with van der Waals surface area (Å²) in [4.78, 5) is 14.8. The van der Waals surface area contributed by atoms with Crippen molar-refractivity contribution in [2.24, 2.45) is 0 Å². The van der Waals surface area contributed by atoms with Crippen molar-refractivity contribution >= 4 is 5.91 Å². The molecule has 3 heterocycles. The Labute approximate surface area is 152 Å². The first-order chi connectivity index (χ1) is 12.8. The van der Waals surface area contributed by atoms with Gasteiger partial charge in [-0.15, -0.1) is 0 Å². The third-order valence-electron chi connectivity index (χ3n) is 5.66. The quantitative estimate of drug-likeness (QED) is 0.792. The van der Waals surface area contributed by atoms with Gasteiger partial charge in [0.05, 0.1) is 12.2 Å². The van der Waals surface area contributed by atoms with Crippen molar-refractivity contribution in [3.63, 3.8) is 0 Å². The van der Waals surface area contributed by atoms with Gasteiger partial charge in [0.15, 0.2) is 11.5 Å². The molecule has 26 heavy (non-hydrogen) atoms. The summed E-state index contributed by atoms with van der Waals surface area (Å²) in [5.74, 6) is 1.41. The molecule has 5 nitrogen and oxygen atoms in total. The van der Waals surface area contributed by atoms with Gasteiger partial charge in [-0.05, 0) is 42.2 Å². The first kappa shape index (κ1) is 15.7. The van der Waals surface area contributed by atoms with Crippen LogP contribution in [0.3, 0.4) is 0 Å². The number of ether oxygens (including phenoxy) is 3. The Hall–Kier alpha value is -2.53. The molecule has 1 fully saturated rings. The molecule has 0 radical (unpaired) electrons. The van der Waals surface area contributed by atoms with Crippen molar-refractivity contribution in [1.29, 1.82) is 0 Å². The molecule has 134 valence electrons. The van der Waals surface area contributed by atoms with Gasteiger partial charge in [0.25, 0.3) is 5.91 Å². The van der Waals surface area contributed by atoms with Gasteiger partial charge in [-0.2, -0.15) is 0 Å². The van der Waals surface area contributed by atoms with Crippen molar-refractivity contribution < 1.29 is 19.0 Å². The van der Waals surface area contributed by atoms with Gasteiger partial charge in [-0.25, -0.2) is 0 Å². The number of hydrogen-bond donors (Lipinski definition) is 0. The van der Waals surface area contributed by atoms with Gasteiger partial charge in [0, 0.05) is 18.7 Å². The van der Waals surface area contributed by atoms with Crippen LogP contribution in [-0.2, 0) is 16.9 Å². The molecule has 0 aliphatic carbocycles. The Kier molecular flexibility index (Phi) is 3.64. The minimum absolute atomic E-state index is 0.0445. The van der Waals surface area contributed by atoms with E-state index in [9.17, 15) is 4.79 Å². The number of piperidine rings is 1. The molecule has 0 unspecified atom stereocenters. The average molecular weight is 351 g/mol. The Morgan fingerprint density at radius 2 is 1.73 bits per heavy atom. The summed E-state index contributed by atoms with van der Waals surface area (Å²) in [6, 6.07) is 13.9. The largest absolute Gasteiger partial charge is 0.486 e. The lowest BCUT2D eigenvalue weighted by atomic mass is 9.83. The zero-order valence-corrected chi connectivity index (χ0v) is 14.6. The third kappa shape index (κ3) is 2.46.